The van der Waals surface area contributed by atoms with Gasteiger partial charge in [0.25, 0.3) is 0 Å². The molecule has 1 aliphatic carbocycles. The van der Waals surface area contributed by atoms with Crippen LogP contribution in [-0.2, 0) is 22.5 Å². The normalized spacial score (nSPS) is 19.7. The van der Waals surface area contributed by atoms with E-state index in [0.29, 0.717) is 56.5 Å². The van der Waals surface area contributed by atoms with Crippen LogP contribution in [-0.4, -0.2) is 86.0 Å². The second-order valence-corrected chi connectivity index (χ2v) is 14.3. The van der Waals surface area contributed by atoms with Crippen LogP contribution in [0.25, 0.3) is 0 Å². The molecule has 3 fully saturated rings. The molecule has 262 valence electrons. The maximum Gasteiger partial charge on any atom is 0.410 e. The molecule has 11 heteroatoms. The Hall–Kier alpha value is -4.15. The number of methoxy groups -OCH3 is 2. The fourth-order valence-corrected chi connectivity index (χ4v) is 6.33. The summed E-state index contributed by atoms with van der Waals surface area (Å²) < 4.78 is 22.9. The summed E-state index contributed by atoms with van der Waals surface area (Å²) in [5.41, 5.74) is 1.88. The molecule has 0 spiro atoms. The summed E-state index contributed by atoms with van der Waals surface area (Å²) in [6.07, 6.45) is 6.16. The van der Waals surface area contributed by atoms with Gasteiger partial charge in [0, 0.05) is 49.0 Å². The van der Waals surface area contributed by atoms with E-state index >= 15 is 0 Å². The standard InChI is InChI=1S/C37H52N4O7/c1-25-15-18-40(30-13-14-31(45-5)33(22-30)47-19-7-8-26-9-10-26)35(43)41(25)23-28-12-11-27(20-32(28)46-6)21-34(42)38-29-16-17-39(24-29)36(44)48-37(2,3)4/h11-14,20,22,25-26,29H,7-10,15-19,21,23-24H2,1-6H3,(H,38,42)/t25-,29-/m0/s1. The van der Waals surface area contributed by atoms with Crippen molar-refractivity contribution in [2.75, 3.05) is 45.4 Å². The van der Waals surface area contributed by atoms with Crippen molar-refractivity contribution in [2.45, 2.75) is 96.9 Å². The van der Waals surface area contributed by atoms with Gasteiger partial charge in [0.1, 0.15) is 11.4 Å². The lowest BCUT2D eigenvalue weighted by molar-refractivity contribution is -0.121. The van der Waals surface area contributed by atoms with Crippen LogP contribution in [0.15, 0.2) is 36.4 Å². The van der Waals surface area contributed by atoms with E-state index in [1.807, 2.05) is 62.1 Å². The van der Waals surface area contributed by atoms with Crippen molar-refractivity contribution in [3.8, 4) is 17.2 Å². The Bertz CT molecular complexity index is 1450. The smallest absolute Gasteiger partial charge is 0.410 e. The highest BCUT2D eigenvalue weighted by Gasteiger charge is 2.33. The molecule has 3 aliphatic rings. The van der Waals surface area contributed by atoms with Crippen LogP contribution in [0.2, 0.25) is 0 Å². The summed E-state index contributed by atoms with van der Waals surface area (Å²) >= 11 is 0. The fourth-order valence-electron chi connectivity index (χ4n) is 6.33. The van der Waals surface area contributed by atoms with Gasteiger partial charge in [-0.2, -0.15) is 0 Å². The molecule has 4 amide bonds. The van der Waals surface area contributed by atoms with Crippen LogP contribution in [0, 0.1) is 5.92 Å². The molecule has 11 nitrogen and oxygen atoms in total. The van der Waals surface area contributed by atoms with Crippen LogP contribution >= 0.6 is 0 Å². The molecule has 0 radical (unpaired) electrons. The third kappa shape index (κ3) is 9.26. The average molecular weight is 665 g/mol. The molecule has 2 saturated heterocycles. The number of likely N-dealkylation sites (tertiary alicyclic amines) is 1. The van der Waals surface area contributed by atoms with Crippen molar-refractivity contribution in [1.29, 1.82) is 0 Å². The van der Waals surface area contributed by atoms with Crippen molar-refractivity contribution in [1.82, 2.24) is 15.1 Å². The molecule has 2 aromatic carbocycles. The summed E-state index contributed by atoms with van der Waals surface area (Å²) in [4.78, 5) is 44.6. The molecule has 2 aliphatic heterocycles. The van der Waals surface area contributed by atoms with Gasteiger partial charge in [-0.1, -0.05) is 25.0 Å². The molecule has 48 heavy (non-hydrogen) atoms. The van der Waals surface area contributed by atoms with E-state index in [4.69, 9.17) is 18.9 Å². The zero-order valence-electron chi connectivity index (χ0n) is 29.4. The first-order valence-corrected chi connectivity index (χ1v) is 17.3. The minimum atomic E-state index is -0.563. The second kappa shape index (κ2) is 15.4. The molecule has 5 rings (SSSR count). The van der Waals surface area contributed by atoms with E-state index in [2.05, 4.69) is 12.2 Å². The summed E-state index contributed by atoms with van der Waals surface area (Å²) in [5, 5.41) is 3.05. The minimum Gasteiger partial charge on any atom is -0.496 e. The van der Waals surface area contributed by atoms with Gasteiger partial charge in [-0.05, 0) is 83.1 Å². The van der Waals surface area contributed by atoms with E-state index < -0.39 is 5.60 Å². The lowest BCUT2D eigenvalue weighted by atomic mass is 10.0. The fraction of sp³-hybridized carbons (Fsp3) is 0.595. The van der Waals surface area contributed by atoms with Crippen LogP contribution in [0.1, 0.15) is 77.3 Å². The number of hydrogen-bond donors (Lipinski definition) is 1. The molecule has 2 aromatic rings. The number of urea groups is 1. The largest absolute Gasteiger partial charge is 0.496 e. The zero-order valence-corrected chi connectivity index (χ0v) is 29.4. The summed E-state index contributed by atoms with van der Waals surface area (Å²) in [5.74, 6) is 2.67. The Morgan fingerprint density at radius 2 is 1.71 bits per heavy atom. The van der Waals surface area contributed by atoms with Gasteiger partial charge < -0.3 is 34.1 Å². The molecule has 2 atom stereocenters. The van der Waals surface area contributed by atoms with Gasteiger partial charge in [-0.3, -0.25) is 9.69 Å². The van der Waals surface area contributed by atoms with Gasteiger partial charge in [0.05, 0.1) is 33.8 Å². The van der Waals surface area contributed by atoms with E-state index in [1.54, 1.807) is 24.0 Å². The molecule has 1 N–H and O–H groups in total. The topological polar surface area (TPSA) is 110 Å². The van der Waals surface area contributed by atoms with E-state index in [0.717, 1.165) is 35.6 Å². The SMILES string of the molecule is COc1cc(CC(=O)N[C@H]2CCN(C(=O)OC(C)(C)C)C2)ccc1CN1C(=O)N(c2ccc(OC)c(OCCCC3CC3)c2)CC[C@@H]1C. The van der Waals surface area contributed by atoms with Crippen molar-refractivity contribution < 1.29 is 33.3 Å². The first kappa shape index (κ1) is 35.2. The number of anilines is 1. The Morgan fingerprint density at radius 1 is 0.938 bits per heavy atom. The van der Waals surface area contributed by atoms with E-state index in [1.165, 1.54) is 19.3 Å². The molecule has 1 saturated carbocycles. The third-order valence-electron chi connectivity index (χ3n) is 9.21. The quantitative estimate of drug-likeness (QED) is 0.256. The average Bonchev–Trinajstić information content (AvgIpc) is 3.75. The van der Waals surface area contributed by atoms with Crippen LogP contribution in [0.3, 0.4) is 0 Å². The lowest BCUT2D eigenvalue weighted by Gasteiger charge is -2.40. The van der Waals surface area contributed by atoms with Crippen LogP contribution < -0.4 is 24.4 Å². The van der Waals surface area contributed by atoms with E-state index in [9.17, 15) is 14.4 Å². The highest BCUT2D eigenvalue weighted by molar-refractivity contribution is 5.93. The Labute approximate surface area is 284 Å². The van der Waals surface area contributed by atoms with Gasteiger partial charge in [-0.25, -0.2) is 9.59 Å². The third-order valence-corrected chi connectivity index (χ3v) is 9.21. The Kier molecular flexibility index (Phi) is 11.3. The van der Waals surface area contributed by atoms with Gasteiger partial charge in [0.15, 0.2) is 11.5 Å². The van der Waals surface area contributed by atoms with Crippen molar-refractivity contribution in [3.63, 3.8) is 0 Å². The lowest BCUT2D eigenvalue weighted by Crippen LogP contribution is -2.53. The first-order valence-electron chi connectivity index (χ1n) is 17.3. The monoisotopic (exact) mass is 664 g/mol. The number of rotatable bonds is 13. The highest BCUT2D eigenvalue weighted by Crippen LogP contribution is 2.36. The molecule has 0 aromatic heterocycles. The first-order chi connectivity index (χ1) is 22.9. The van der Waals surface area contributed by atoms with Gasteiger partial charge >= 0.3 is 12.1 Å². The second-order valence-electron chi connectivity index (χ2n) is 14.3. The molecular weight excluding hydrogens is 612 g/mol. The van der Waals surface area contributed by atoms with Crippen LogP contribution in [0.5, 0.6) is 17.2 Å². The van der Waals surface area contributed by atoms with E-state index in [-0.39, 0.29) is 36.5 Å². The number of carbonyl (C=O) groups excluding carboxylic acids is 3. The Morgan fingerprint density at radius 3 is 2.42 bits per heavy atom. The van der Waals surface area contributed by atoms with Gasteiger partial charge in [-0.15, -0.1) is 0 Å². The number of benzene rings is 2. The van der Waals surface area contributed by atoms with Crippen molar-refractivity contribution >= 4 is 23.7 Å². The summed E-state index contributed by atoms with van der Waals surface area (Å²) in [6.45, 7) is 10.1. The predicted octanol–water partition coefficient (Wildman–Crippen LogP) is 6.16. The summed E-state index contributed by atoms with van der Waals surface area (Å²) in [6, 6.07) is 11.2. The number of nitrogens with zero attached hydrogens (tertiary/aromatic N) is 3. The maximum absolute atomic E-state index is 13.9. The minimum absolute atomic E-state index is 0.0342. The van der Waals surface area contributed by atoms with Crippen molar-refractivity contribution in [3.05, 3.63) is 47.5 Å². The number of nitrogens with one attached hydrogen (secondary N) is 1. The maximum atomic E-state index is 13.9. The molecule has 0 unspecified atom stereocenters. The molecular formula is C37H52N4O7. The summed E-state index contributed by atoms with van der Waals surface area (Å²) in [7, 11) is 3.23. The van der Waals surface area contributed by atoms with Crippen molar-refractivity contribution in [2.24, 2.45) is 5.92 Å². The number of hydrogen-bond acceptors (Lipinski definition) is 7. The number of carbonyl (C=O) groups is 3. The number of amides is 4. The zero-order chi connectivity index (χ0) is 34.4. The molecule has 0 bridgehead atoms. The predicted molar refractivity (Wildman–Crippen MR) is 184 cm³/mol. The Balaban J connectivity index is 1.19. The van der Waals surface area contributed by atoms with Crippen LogP contribution in [0.4, 0.5) is 15.3 Å². The molecule has 2 heterocycles. The van der Waals surface area contributed by atoms with Gasteiger partial charge in [0.2, 0.25) is 5.91 Å². The highest BCUT2D eigenvalue weighted by atomic mass is 16.6. The number of ether oxygens (including phenoxy) is 4.